The highest BCUT2D eigenvalue weighted by Gasteiger charge is 2.42. The minimum Gasteiger partial charge on any atom is -0.389 e. The number of hydrogen-bond acceptors (Lipinski definition) is 4. The van der Waals surface area contributed by atoms with E-state index in [-0.39, 0.29) is 30.3 Å². The second-order valence-corrected chi connectivity index (χ2v) is 6.76. The molecule has 1 aliphatic rings. The predicted octanol–water partition coefficient (Wildman–Crippen LogP) is 1.33. The highest BCUT2D eigenvalue weighted by Crippen LogP contribution is 2.31. The number of nitrogens with one attached hydrogen (secondary N) is 2. The van der Waals surface area contributed by atoms with Crippen molar-refractivity contribution in [2.24, 2.45) is 0 Å². The van der Waals surface area contributed by atoms with E-state index in [0.717, 1.165) is 11.3 Å². The number of rotatable bonds is 5. The highest BCUT2D eigenvalue weighted by molar-refractivity contribution is 5.85. The summed E-state index contributed by atoms with van der Waals surface area (Å²) in [7, 11) is 0. The van der Waals surface area contributed by atoms with Gasteiger partial charge in [0.1, 0.15) is 0 Å². The van der Waals surface area contributed by atoms with E-state index in [0.29, 0.717) is 26.1 Å². The lowest BCUT2D eigenvalue weighted by Crippen LogP contribution is -2.61. The number of amides is 1. The number of carbonyl (C=O) groups excluding carboxylic acids is 1. The van der Waals surface area contributed by atoms with Crippen LogP contribution in [0.2, 0.25) is 0 Å². The molecule has 2 heterocycles. The quantitative estimate of drug-likeness (QED) is 0.718. The Kier molecular flexibility index (Phi) is 7.18. The van der Waals surface area contributed by atoms with E-state index in [1.54, 1.807) is 10.6 Å². The number of carbonyl (C=O) groups is 1. The van der Waals surface area contributed by atoms with Gasteiger partial charge in [0, 0.05) is 31.3 Å². The first-order chi connectivity index (χ1) is 12.5. The lowest BCUT2D eigenvalue weighted by Gasteiger charge is -2.43. The molecular formula is C20H26ClN3O3. The van der Waals surface area contributed by atoms with Crippen molar-refractivity contribution in [3.63, 3.8) is 0 Å². The normalized spacial score (nSPS) is 21.9. The van der Waals surface area contributed by atoms with E-state index in [1.165, 1.54) is 6.07 Å². The summed E-state index contributed by atoms with van der Waals surface area (Å²) in [5.74, 6) is -0.176. The number of pyridine rings is 1. The minimum atomic E-state index is -0.805. The van der Waals surface area contributed by atoms with Crippen molar-refractivity contribution < 1.29 is 9.90 Å². The molecular weight excluding hydrogens is 366 g/mol. The van der Waals surface area contributed by atoms with Gasteiger partial charge < -0.3 is 20.3 Å². The molecule has 0 saturated carbocycles. The highest BCUT2D eigenvalue weighted by atomic mass is 35.5. The summed E-state index contributed by atoms with van der Waals surface area (Å²) in [5, 5.41) is 16.9. The lowest BCUT2D eigenvalue weighted by atomic mass is 9.79. The summed E-state index contributed by atoms with van der Waals surface area (Å²) in [5.41, 5.74) is 0.804. The Morgan fingerprint density at radius 1 is 1.26 bits per heavy atom. The van der Waals surface area contributed by atoms with Crippen molar-refractivity contribution in [1.82, 2.24) is 15.2 Å². The average Bonchev–Trinajstić information content (AvgIpc) is 2.64. The molecule has 1 saturated heterocycles. The SMILES string of the molecule is Cc1cccc(=O)n1CCC(=O)N[C@]1(c2ccccc2)CCNC[C@H]1O.Cl. The number of aryl methyl sites for hydroxylation is 1. The number of hydrogen-bond donors (Lipinski definition) is 3. The first-order valence-electron chi connectivity index (χ1n) is 8.95. The number of aliphatic hydroxyl groups is 1. The van der Waals surface area contributed by atoms with E-state index in [1.807, 2.05) is 43.3 Å². The van der Waals surface area contributed by atoms with Gasteiger partial charge in [-0.05, 0) is 31.5 Å². The number of β-amino-alcohol motifs (C(OH)–C–C–N with tert-alkyl or cyclic N) is 1. The molecule has 3 N–H and O–H groups in total. The summed E-state index contributed by atoms with van der Waals surface area (Å²) in [4.78, 5) is 24.6. The van der Waals surface area contributed by atoms with Gasteiger partial charge in [0.25, 0.3) is 5.56 Å². The Hall–Kier alpha value is -2.15. The first kappa shape index (κ1) is 21.2. The number of aromatic nitrogens is 1. The maximum Gasteiger partial charge on any atom is 0.250 e. The van der Waals surface area contributed by atoms with Gasteiger partial charge in [-0.15, -0.1) is 12.4 Å². The molecule has 0 bridgehead atoms. The predicted molar refractivity (Wildman–Crippen MR) is 107 cm³/mol. The van der Waals surface area contributed by atoms with Gasteiger partial charge >= 0.3 is 0 Å². The molecule has 0 spiro atoms. The van der Waals surface area contributed by atoms with Crippen LogP contribution in [0.5, 0.6) is 0 Å². The van der Waals surface area contributed by atoms with E-state index in [9.17, 15) is 14.7 Å². The van der Waals surface area contributed by atoms with Gasteiger partial charge in [0.15, 0.2) is 0 Å². The minimum absolute atomic E-state index is 0. The monoisotopic (exact) mass is 391 g/mol. The van der Waals surface area contributed by atoms with Crippen LogP contribution in [0.15, 0.2) is 53.3 Å². The Bertz CT molecular complexity index is 825. The molecule has 1 amide bonds. The average molecular weight is 392 g/mol. The van der Waals surface area contributed by atoms with E-state index >= 15 is 0 Å². The zero-order valence-electron chi connectivity index (χ0n) is 15.4. The van der Waals surface area contributed by atoms with Crippen LogP contribution in [0, 0.1) is 6.92 Å². The van der Waals surface area contributed by atoms with Gasteiger partial charge in [-0.2, -0.15) is 0 Å². The third kappa shape index (κ3) is 4.58. The first-order valence-corrected chi connectivity index (χ1v) is 8.95. The van der Waals surface area contributed by atoms with Crippen molar-refractivity contribution in [2.45, 2.75) is 38.0 Å². The smallest absolute Gasteiger partial charge is 0.250 e. The van der Waals surface area contributed by atoms with Crippen LogP contribution in [0.25, 0.3) is 0 Å². The molecule has 146 valence electrons. The van der Waals surface area contributed by atoms with Crippen molar-refractivity contribution in [2.75, 3.05) is 13.1 Å². The molecule has 0 unspecified atom stereocenters. The van der Waals surface area contributed by atoms with E-state index < -0.39 is 11.6 Å². The number of halogens is 1. The van der Waals surface area contributed by atoms with Crippen molar-refractivity contribution in [3.8, 4) is 0 Å². The molecule has 2 aromatic rings. The Morgan fingerprint density at radius 3 is 2.67 bits per heavy atom. The van der Waals surface area contributed by atoms with Crippen LogP contribution in [-0.2, 0) is 16.9 Å². The molecule has 2 atom stereocenters. The molecule has 27 heavy (non-hydrogen) atoms. The summed E-state index contributed by atoms with van der Waals surface area (Å²) in [6, 6.07) is 14.6. The van der Waals surface area contributed by atoms with Crippen LogP contribution in [0.1, 0.15) is 24.1 Å². The van der Waals surface area contributed by atoms with Gasteiger partial charge in [-0.25, -0.2) is 0 Å². The zero-order chi connectivity index (χ0) is 18.6. The molecule has 1 aromatic heterocycles. The van der Waals surface area contributed by atoms with E-state index in [4.69, 9.17) is 0 Å². The van der Waals surface area contributed by atoms with Crippen molar-refractivity contribution in [3.05, 3.63) is 70.1 Å². The summed E-state index contributed by atoms with van der Waals surface area (Å²) in [6.07, 6.45) is 0.0667. The maximum absolute atomic E-state index is 12.7. The molecule has 6 nitrogen and oxygen atoms in total. The number of nitrogens with zero attached hydrogens (tertiary/aromatic N) is 1. The lowest BCUT2D eigenvalue weighted by molar-refractivity contribution is -0.126. The fourth-order valence-electron chi connectivity index (χ4n) is 3.59. The molecule has 1 aliphatic heterocycles. The van der Waals surface area contributed by atoms with Crippen LogP contribution in [-0.4, -0.2) is 34.8 Å². The fourth-order valence-corrected chi connectivity index (χ4v) is 3.59. The zero-order valence-corrected chi connectivity index (χ0v) is 16.2. The summed E-state index contributed by atoms with van der Waals surface area (Å²) >= 11 is 0. The molecule has 1 aromatic carbocycles. The topological polar surface area (TPSA) is 83.4 Å². The molecule has 7 heteroatoms. The van der Waals surface area contributed by atoms with Crippen LogP contribution < -0.4 is 16.2 Å². The number of benzene rings is 1. The standard InChI is InChI=1S/C20H25N3O3.ClH/c1-15-6-5-9-19(26)23(15)13-10-18(25)22-20(11-12-21-14-17(20)24)16-7-3-2-4-8-16;/h2-9,17,21,24H,10-14H2,1H3,(H,22,25);1H/t17-,20+;/m1./s1. The molecule has 3 rings (SSSR count). The van der Waals surface area contributed by atoms with Crippen molar-refractivity contribution >= 4 is 18.3 Å². The van der Waals surface area contributed by atoms with Crippen molar-refractivity contribution in [1.29, 1.82) is 0 Å². The second-order valence-electron chi connectivity index (χ2n) is 6.76. The van der Waals surface area contributed by atoms with Crippen LogP contribution in [0.3, 0.4) is 0 Å². The van der Waals surface area contributed by atoms with Crippen LogP contribution in [0.4, 0.5) is 0 Å². The van der Waals surface area contributed by atoms with Gasteiger partial charge in [-0.1, -0.05) is 36.4 Å². The van der Waals surface area contributed by atoms with Crippen LogP contribution >= 0.6 is 12.4 Å². The number of aliphatic hydroxyl groups excluding tert-OH is 1. The molecule has 0 aliphatic carbocycles. The molecule has 0 radical (unpaired) electrons. The Labute approximate surface area is 165 Å². The van der Waals surface area contributed by atoms with E-state index in [2.05, 4.69) is 10.6 Å². The maximum atomic E-state index is 12.7. The summed E-state index contributed by atoms with van der Waals surface area (Å²) < 4.78 is 1.59. The third-order valence-electron chi connectivity index (χ3n) is 5.08. The van der Waals surface area contributed by atoms with Gasteiger partial charge in [0.05, 0.1) is 11.6 Å². The largest absolute Gasteiger partial charge is 0.389 e. The molecule has 1 fully saturated rings. The Balaban J connectivity index is 0.00000261. The summed E-state index contributed by atoms with van der Waals surface area (Å²) in [6.45, 7) is 3.30. The fraction of sp³-hybridized carbons (Fsp3) is 0.400. The second kappa shape index (κ2) is 9.17. The third-order valence-corrected chi connectivity index (χ3v) is 5.08. The van der Waals surface area contributed by atoms with Gasteiger partial charge in [0.2, 0.25) is 5.91 Å². The Morgan fingerprint density at radius 2 is 2.00 bits per heavy atom. The van der Waals surface area contributed by atoms with Gasteiger partial charge in [-0.3, -0.25) is 9.59 Å². The number of piperidine rings is 1.